The molecule has 6 heteroatoms. The van der Waals surface area contributed by atoms with Crippen LogP contribution in [0, 0.1) is 19.3 Å². The van der Waals surface area contributed by atoms with Gasteiger partial charge in [0.25, 0.3) is 0 Å². The molecule has 1 aromatic heterocycles. The fraction of sp³-hybridized carbons (Fsp3) is 0.500. The summed E-state index contributed by atoms with van der Waals surface area (Å²) in [7, 11) is 2.44. The van der Waals surface area contributed by atoms with Gasteiger partial charge in [0, 0.05) is 18.4 Å². The van der Waals surface area contributed by atoms with Crippen LogP contribution in [-0.4, -0.2) is 26.2 Å². The topological polar surface area (TPSA) is 82.8 Å². The molecule has 0 amide bonds. The molecule has 0 saturated carbocycles. The molecule has 1 heterocycles. The molecular weight excluding hydrogens is 264 g/mol. The van der Waals surface area contributed by atoms with E-state index in [1.165, 1.54) is 14.2 Å². The third kappa shape index (κ3) is 1.83. The number of ether oxygens (including phenoxy) is 2. The van der Waals surface area contributed by atoms with Gasteiger partial charge in [-0.15, -0.1) is 0 Å². The van der Waals surface area contributed by atoms with Gasteiger partial charge in [-0.05, 0) is 25.0 Å². The number of esters is 2. The molecule has 1 aromatic rings. The average Bonchev–Trinajstić information content (AvgIpc) is 2.85. The summed E-state index contributed by atoms with van der Waals surface area (Å²) >= 11 is 0. The van der Waals surface area contributed by atoms with Gasteiger partial charge in [-0.25, -0.2) is 4.79 Å². The number of hydrogen-bond acceptors (Lipinski definition) is 6. The maximum absolute atomic E-state index is 12.1. The molecule has 0 atom stereocenters. The SMILES string of the molecule is COC(=O)C1(C(=O)OC)Cc2c(C)oc(=O)c(C)c2C1. The summed E-state index contributed by atoms with van der Waals surface area (Å²) in [5.41, 5.74) is -0.0792. The number of carbonyl (C=O) groups is 2. The summed E-state index contributed by atoms with van der Waals surface area (Å²) in [5.74, 6) is -0.899. The van der Waals surface area contributed by atoms with Crippen molar-refractivity contribution >= 4 is 11.9 Å². The maximum atomic E-state index is 12.1. The second-order valence-corrected chi connectivity index (χ2v) is 4.95. The van der Waals surface area contributed by atoms with E-state index in [1.54, 1.807) is 13.8 Å². The molecule has 2 rings (SSSR count). The first-order valence-corrected chi connectivity index (χ1v) is 6.16. The fourth-order valence-corrected chi connectivity index (χ4v) is 2.74. The second kappa shape index (κ2) is 4.77. The molecule has 0 bridgehead atoms. The molecule has 0 N–H and O–H groups in total. The minimum absolute atomic E-state index is 0.0972. The van der Waals surface area contributed by atoms with Crippen LogP contribution in [0.3, 0.4) is 0 Å². The first-order valence-electron chi connectivity index (χ1n) is 6.16. The van der Waals surface area contributed by atoms with Crippen molar-refractivity contribution in [2.75, 3.05) is 14.2 Å². The van der Waals surface area contributed by atoms with E-state index < -0.39 is 23.0 Å². The number of methoxy groups -OCH3 is 2. The van der Waals surface area contributed by atoms with Crippen LogP contribution in [0.2, 0.25) is 0 Å². The zero-order valence-corrected chi connectivity index (χ0v) is 11.9. The Labute approximate surface area is 115 Å². The number of carbonyl (C=O) groups excluding carboxylic acids is 2. The van der Waals surface area contributed by atoms with Crippen molar-refractivity contribution < 1.29 is 23.5 Å². The molecular formula is C14H16O6. The van der Waals surface area contributed by atoms with Gasteiger partial charge >= 0.3 is 17.6 Å². The van der Waals surface area contributed by atoms with Crippen LogP contribution in [0.15, 0.2) is 9.21 Å². The van der Waals surface area contributed by atoms with Crippen LogP contribution in [0.25, 0.3) is 0 Å². The van der Waals surface area contributed by atoms with Gasteiger partial charge < -0.3 is 13.9 Å². The Balaban J connectivity index is 2.62. The highest BCUT2D eigenvalue weighted by molar-refractivity contribution is 6.01. The minimum Gasteiger partial charge on any atom is -0.468 e. The molecule has 0 radical (unpaired) electrons. The summed E-state index contributed by atoms with van der Waals surface area (Å²) in [5, 5.41) is 0. The second-order valence-electron chi connectivity index (χ2n) is 4.95. The van der Waals surface area contributed by atoms with Gasteiger partial charge in [0.15, 0.2) is 5.41 Å². The third-order valence-corrected chi connectivity index (χ3v) is 3.90. The van der Waals surface area contributed by atoms with E-state index in [4.69, 9.17) is 13.9 Å². The molecule has 108 valence electrons. The van der Waals surface area contributed by atoms with Crippen LogP contribution in [0.4, 0.5) is 0 Å². The minimum atomic E-state index is -1.43. The summed E-state index contributed by atoms with van der Waals surface area (Å²) < 4.78 is 14.6. The van der Waals surface area contributed by atoms with E-state index >= 15 is 0 Å². The van der Waals surface area contributed by atoms with Crippen molar-refractivity contribution in [1.82, 2.24) is 0 Å². The average molecular weight is 280 g/mol. The van der Waals surface area contributed by atoms with Gasteiger partial charge in [-0.3, -0.25) is 9.59 Å². The molecule has 0 saturated heterocycles. The number of rotatable bonds is 2. The van der Waals surface area contributed by atoms with Crippen molar-refractivity contribution in [2.45, 2.75) is 26.7 Å². The molecule has 0 unspecified atom stereocenters. The molecule has 0 aliphatic heterocycles. The molecule has 6 nitrogen and oxygen atoms in total. The van der Waals surface area contributed by atoms with E-state index in [0.717, 1.165) is 0 Å². The highest BCUT2D eigenvalue weighted by atomic mass is 16.5. The molecule has 20 heavy (non-hydrogen) atoms. The van der Waals surface area contributed by atoms with Gasteiger partial charge in [0.05, 0.1) is 14.2 Å². The van der Waals surface area contributed by atoms with Crippen molar-refractivity contribution in [2.24, 2.45) is 5.41 Å². The van der Waals surface area contributed by atoms with Crippen molar-refractivity contribution in [3.05, 3.63) is 32.9 Å². The van der Waals surface area contributed by atoms with E-state index in [1.807, 2.05) is 0 Å². The number of fused-ring (bicyclic) bond motifs is 1. The van der Waals surface area contributed by atoms with Crippen LogP contribution in [-0.2, 0) is 31.9 Å². The van der Waals surface area contributed by atoms with Gasteiger partial charge in [-0.2, -0.15) is 0 Å². The maximum Gasteiger partial charge on any atom is 0.339 e. The van der Waals surface area contributed by atoms with Crippen LogP contribution in [0.1, 0.15) is 22.5 Å². The molecule has 0 spiro atoms. The Morgan fingerprint density at radius 1 is 1.05 bits per heavy atom. The van der Waals surface area contributed by atoms with Crippen molar-refractivity contribution in [1.29, 1.82) is 0 Å². The van der Waals surface area contributed by atoms with Crippen LogP contribution >= 0.6 is 0 Å². The summed E-state index contributed by atoms with van der Waals surface area (Å²) in [6, 6.07) is 0. The molecule has 1 aliphatic rings. The summed E-state index contributed by atoms with van der Waals surface area (Å²) in [4.78, 5) is 35.9. The fourth-order valence-electron chi connectivity index (χ4n) is 2.74. The normalized spacial score (nSPS) is 15.6. The van der Waals surface area contributed by atoms with Crippen LogP contribution < -0.4 is 5.63 Å². The smallest absolute Gasteiger partial charge is 0.339 e. The first-order chi connectivity index (χ1) is 9.37. The Morgan fingerprint density at radius 2 is 1.55 bits per heavy atom. The summed E-state index contributed by atoms with van der Waals surface area (Å²) in [6.45, 7) is 3.26. The Bertz CT molecular complexity index is 624. The van der Waals surface area contributed by atoms with Crippen molar-refractivity contribution in [3.63, 3.8) is 0 Å². The van der Waals surface area contributed by atoms with Gasteiger partial charge in [-0.1, -0.05) is 0 Å². The summed E-state index contributed by atoms with van der Waals surface area (Å²) in [6.07, 6.45) is 0.220. The Morgan fingerprint density at radius 3 is 2.05 bits per heavy atom. The lowest BCUT2D eigenvalue weighted by Gasteiger charge is -2.22. The zero-order valence-electron chi connectivity index (χ0n) is 11.9. The monoisotopic (exact) mass is 280 g/mol. The van der Waals surface area contributed by atoms with Gasteiger partial charge in [0.1, 0.15) is 5.76 Å². The zero-order chi connectivity index (χ0) is 15.1. The third-order valence-electron chi connectivity index (χ3n) is 3.90. The predicted molar refractivity (Wildman–Crippen MR) is 68.3 cm³/mol. The number of aryl methyl sites for hydroxylation is 1. The highest BCUT2D eigenvalue weighted by Gasteiger charge is 2.53. The van der Waals surface area contributed by atoms with E-state index in [-0.39, 0.29) is 12.8 Å². The highest BCUT2D eigenvalue weighted by Crippen LogP contribution is 2.41. The Kier molecular flexibility index (Phi) is 3.41. The Hall–Kier alpha value is -2.11. The predicted octanol–water partition coefficient (Wildman–Crippen LogP) is 0.688. The lowest BCUT2D eigenvalue weighted by molar-refractivity contribution is -0.168. The lowest BCUT2D eigenvalue weighted by Crippen LogP contribution is -2.42. The quantitative estimate of drug-likeness (QED) is 0.585. The largest absolute Gasteiger partial charge is 0.468 e. The first kappa shape index (κ1) is 14.3. The number of hydrogen-bond donors (Lipinski definition) is 0. The molecule has 0 aromatic carbocycles. The van der Waals surface area contributed by atoms with Crippen molar-refractivity contribution in [3.8, 4) is 0 Å². The standard InChI is InChI=1S/C14H16O6/c1-7-9-5-14(12(16)18-3,13(17)19-4)6-10(9)8(2)20-11(7)15/h5-6H2,1-4H3. The lowest BCUT2D eigenvalue weighted by atomic mass is 9.84. The molecule has 0 fully saturated rings. The van der Waals surface area contributed by atoms with E-state index in [0.29, 0.717) is 22.5 Å². The van der Waals surface area contributed by atoms with E-state index in [9.17, 15) is 14.4 Å². The van der Waals surface area contributed by atoms with Crippen LogP contribution in [0.5, 0.6) is 0 Å². The van der Waals surface area contributed by atoms with E-state index in [2.05, 4.69) is 0 Å². The van der Waals surface area contributed by atoms with Gasteiger partial charge in [0.2, 0.25) is 0 Å². The molecule has 1 aliphatic carbocycles.